The van der Waals surface area contributed by atoms with Crippen molar-refractivity contribution in [1.29, 1.82) is 0 Å². The summed E-state index contributed by atoms with van der Waals surface area (Å²) >= 11 is 0. The van der Waals surface area contributed by atoms with Crippen LogP contribution in [-0.4, -0.2) is 34.7 Å². The summed E-state index contributed by atoms with van der Waals surface area (Å²) in [5, 5.41) is 2.43. The number of carbonyl (C=O) groups is 2. The zero-order chi connectivity index (χ0) is 21.3. The molecule has 11 heteroatoms. The van der Waals surface area contributed by atoms with Gasteiger partial charge in [-0.3, -0.25) is 19.5 Å². The number of carbonyl (C=O) groups excluding carboxylic acids is 2. The molecule has 3 N–H and O–H groups in total. The third kappa shape index (κ3) is 4.33. The lowest BCUT2D eigenvalue weighted by Gasteiger charge is -2.26. The van der Waals surface area contributed by atoms with Gasteiger partial charge in [-0.1, -0.05) is 0 Å². The minimum Gasteiger partial charge on any atom is -0.369 e. The summed E-state index contributed by atoms with van der Waals surface area (Å²) in [6, 6.07) is 4.45. The molecule has 1 atom stereocenters. The van der Waals surface area contributed by atoms with Crippen molar-refractivity contribution >= 4 is 23.5 Å². The van der Waals surface area contributed by atoms with Crippen LogP contribution in [0.2, 0.25) is 0 Å². The minimum atomic E-state index is -4.57. The van der Waals surface area contributed by atoms with E-state index in [-0.39, 0.29) is 35.2 Å². The number of aliphatic imine (C=N–C) groups is 1. The van der Waals surface area contributed by atoms with Crippen molar-refractivity contribution in [3.63, 3.8) is 0 Å². The van der Waals surface area contributed by atoms with Crippen LogP contribution in [0, 0.1) is 5.82 Å². The van der Waals surface area contributed by atoms with Crippen molar-refractivity contribution in [2.24, 2.45) is 10.7 Å². The molecular weight excluding hydrogens is 394 g/mol. The second-order valence-corrected chi connectivity index (χ2v) is 6.28. The number of pyridine rings is 1. The number of halogens is 4. The first-order chi connectivity index (χ1) is 13.6. The number of guanidine groups is 1. The average molecular weight is 409 g/mol. The number of hydrogen-bond donors (Lipinski definition) is 2. The van der Waals surface area contributed by atoms with Gasteiger partial charge in [0.05, 0.1) is 18.0 Å². The molecule has 29 heavy (non-hydrogen) atoms. The minimum absolute atomic E-state index is 0.0487. The number of anilines is 1. The van der Waals surface area contributed by atoms with E-state index in [4.69, 9.17) is 5.73 Å². The molecule has 1 aromatic carbocycles. The molecule has 7 nitrogen and oxygen atoms in total. The van der Waals surface area contributed by atoms with E-state index < -0.39 is 29.5 Å². The van der Waals surface area contributed by atoms with Crippen LogP contribution in [0.25, 0.3) is 0 Å². The topological polar surface area (TPSA) is 101 Å². The quantitative estimate of drug-likeness (QED) is 0.762. The van der Waals surface area contributed by atoms with E-state index in [9.17, 15) is 27.2 Å². The fourth-order valence-corrected chi connectivity index (χ4v) is 2.67. The molecule has 0 saturated carbocycles. The Morgan fingerprint density at radius 3 is 2.59 bits per heavy atom. The van der Waals surface area contributed by atoms with Gasteiger partial charge in [0.25, 0.3) is 5.91 Å². The first-order valence-electron chi connectivity index (χ1n) is 8.30. The molecular formula is C18H15F4N5O2. The molecule has 0 fully saturated rings. The van der Waals surface area contributed by atoms with Crippen LogP contribution >= 0.6 is 0 Å². The Balaban J connectivity index is 1.81. The highest BCUT2D eigenvalue weighted by atomic mass is 19.4. The summed E-state index contributed by atoms with van der Waals surface area (Å²) in [6.45, 7) is 0. The van der Waals surface area contributed by atoms with E-state index in [1.54, 1.807) is 0 Å². The first-order valence-corrected chi connectivity index (χ1v) is 8.30. The fraction of sp³-hybridized carbons (Fsp3) is 0.222. The Bertz CT molecular complexity index is 989. The summed E-state index contributed by atoms with van der Waals surface area (Å²) in [7, 11) is 1.45. The standard InChI is InChI=1S/C18H15F4N5O2/c1-27-15(28)7-14(26-17(27)23)11-6-10(3-4-12(11)19)25-16(29)13-5-2-9(8-24-13)18(20,21)22/h2-6,8,14H,7H2,1H3,(H2,23,26)(H,25,29)/t14-/m0/s1. The smallest absolute Gasteiger partial charge is 0.369 e. The van der Waals surface area contributed by atoms with E-state index >= 15 is 0 Å². The van der Waals surface area contributed by atoms with Gasteiger partial charge in [-0.05, 0) is 30.3 Å². The Labute approximate surface area is 162 Å². The van der Waals surface area contributed by atoms with Gasteiger partial charge < -0.3 is 11.1 Å². The lowest BCUT2D eigenvalue weighted by molar-refractivity contribution is -0.137. The molecule has 2 aromatic rings. The summed E-state index contributed by atoms with van der Waals surface area (Å²) in [5.74, 6) is -1.83. The molecule has 1 aromatic heterocycles. The van der Waals surface area contributed by atoms with E-state index in [1.165, 1.54) is 19.2 Å². The van der Waals surface area contributed by atoms with Crippen LogP contribution in [0.15, 0.2) is 41.5 Å². The van der Waals surface area contributed by atoms with Crippen molar-refractivity contribution in [3.8, 4) is 0 Å². The maximum absolute atomic E-state index is 14.3. The second-order valence-electron chi connectivity index (χ2n) is 6.28. The number of nitrogens with two attached hydrogens (primary N) is 1. The molecule has 0 saturated heterocycles. The maximum Gasteiger partial charge on any atom is 0.417 e. The number of aromatic nitrogens is 1. The van der Waals surface area contributed by atoms with E-state index in [1.807, 2.05) is 0 Å². The average Bonchev–Trinajstić information content (AvgIpc) is 2.66. The van der Waals surface area contributed by atoms with Gasteiger partial charge in [-0.15, -0.1) is 0 Å². The zero-order valence-electron chi connectivity index (χ0n) is 15.0. The normalized spacial score (nSPS) is 17.1. The van der Waals surface area contributed by atoms with Gasteiger partial charge >= 0.3 is 6.18 Å². The molecule has 1 aliphatic rings. The van der Waals surface area contributed by atoms with Gasteiger partial charge in [-0.25, -0.2) is 9.38 Å². The fourth-order valence-electron chi connectivity index (χ4n) is 2.67. The molecule has 0 spiro atoms. The van der Waals surface area contributed by atoms with E-state index in [0.29, 0.717) is 6.20 Å². The Hall–Kier alpha value is -3.50. The lowest BCUT2D eigenvalue weighted by Crippen LogP contribution is -2.42. The zero-order valence-corrected chi connectivity index (χ0v) is 15.0. The van der Waals surface area contributed by atoms with Crippen LogP contribution in [0.5, 0.6) is 0 Å². The van der Waals surface area contributed by atoms with Gasteiger partial charge in [0, 0.05) is 24.5 Å². The Kier molecular flexibility index (Phi) is 5.23. The first kappa shape index (κ1) is 20.2. The predicted octanol–water partition coefficient (Wildman–Crippen LogP) is 2.71. The van der Waals surface area contributed by atoms with Crippen LogP contribution in [0.4, 0.5) is 23.2 Å². The van der Waals surface area contributed by atoms with Crippen LogP contribution in [0.1, 0.15) is 34.1 Å². The number of nitrogens with one attached hydrogen (secondary N) is 1. The van der Waals surface area contributed by atoms with Crippen molar-refractivity contribution in [2.75, 3.05) is 12.4 Å². The number of benzene rings is 1. The van der Waals surface area contributed by atoms with E-state index in [2.05, 4.69) is 15.3 Å². The van der Waals surface area contributed by atoms with Gasteiger partial charge in [-0.2, -0.15) is 13.2 Å². The second kappa shape index (κ2) is 7.49. The third-order valence-electron chi connectivity index (χ3n) is 4.31. The number of alkyl halides is 3. The van der Waals surface area contributed by atoms with Crippen LogP contribution in [-0.2, 0) is 11.0 Å². The number of rotatable bonds is 3. The van der Waals surface area contributed by atoms with Crippen molar-refractivity contribution < 1.29 is 27.2 Å². The Morgan fingerprint density at radius 2 is 2.00 bits per heavy atom. The lowest BCUT2D eigenvalue weighted by atomic mass is 10.0. The number of amides is 2. The number of nitrogens with zero attached hydrogens (tertiary/aromatic N) is 3. The van der Waals surface area contributed by atoms with Crippen LogP contribution < -0.4 is 11.1 Å². The summed E-state index contributed by atoms with van der Waals surface area (Å²) in [6.07, 6.45) is -4.12. The molecule has 0 unspecified atom stereocenters. The highest BCUT2D eigenvalue weighted by Crippen LogP contribution is 2.30. The molecule has 2 heterocycles. The Morgan fingerprint density at radius 1 is 1.28 bits per heavy atom. The molecule has 0 bridgehead atoms. The van der Waals surface area contributed by atoms with E-state index in [0.717, 1.165) is 23.1 Å². The molecule has 0 aliphatic carbocycles. The van der Waals surface area contributed by atoms with Gasteiger partial charge in [0.15, 0.2) is 5.96 Å². The summed E-state index contributed by atoms with van der Waals surface area (Å²) in [4.78, 5) is 32.9. The predicted molar refractivity (Wildman–Crippen MR) is 95.3 cm³/mol. The van der Waals surface area contributed by atoms with Crippen LogP contribution in [0.3, 0.4) is 0 Å². The third-order valence-corrected chi connectivity index (χ3v) is 4.31. The maximum atomic E-state index is 14.3. The summed E-state index contributed by atoms with van der Waals surface area (Å²) < 4.78 is 52.0. The van der Waals surface area contributed by atoms with Crippen molar-refractivity contribution in [3.05, 3.63) is 59.2 Å². The highest BCUT2D eigenvalue weighted by Gasteiger charge is 2.31. The number of hydrogen-bond acceptors (Lipinski definition) is 5. The highest BCUT2D eigenvalue weighted by molar-refractivity contribution is 6.03. The molecule has 152 valence electrons. The van der Waals surface area contributed by atoms with Crippen molar-refractivity contribution in [2.45, 2.75) is 18.6 Å². The van der Waals surface area contributed by atoms with Gasteiger partial charge in [0.1, 0.15) is 11.5 Å². The molecule has 3 rings (SSSR count). The van der Waals surface area contributed by atoms with Crippen molar-refractivity contribution in [1.82, 2.24) is 9.88 Å². The summed E-state index contributed by atoms with van der Waals surface area (Å²) in [5.41, 5.74) is 4.63. The SMILES string of the molecule is CN1C(=O)C[C@@H](c2cc(NC(=O)c3ccc(C(F)(F)F)cn3)ccc2F)N=C1N. The molecule has 0 radical (unpaired) electrons. The van der Waals surface area contributed by atoms with Gasteiger partial charge in [0.2, 0.25) is 5.91 Å². The largest absolute Gasteiger partial charge is 0.417 e. The monoisotopic (exact) mass is 409 g/mol. The molecule has 2 amide bonds. The molecule has 1 aliphatic heterocycles.